The van der Waals surface area contributed by atoms with Gasteiger partial charge in [0, 0.05) is 54.8 Å². The number of hydrogen-bond donors (Lipinski definition) is 2. The fraction of sp³-hybridized carbons (Fsp3) is 0.250. The van der Waals surface area contributed by atoms with Gasteiger partial charge in [-0.15, -0.1) is 0 Å². The van der Waals surface area contributed by atoms with Crippen LogP contribution in [0.3, 0.4) is 0 Å². The van der Waals surface area contributed by atoms with Gasteiger partial charge in [0.1, 0.15) is 0 Å². The van der Waals surface area contributed by atoms with E-state index in [2.05, 4.69) is 20.5 Å². The van der Waals surface area contributed by atoms with Crippen LogP contribution in [0.2, 0.25) is 5.02 Å². The predicted molar refractivity (Wildman–Crippen MR) is 124 cm³/mol. The number of anilines is 3. The van der Waals surface area contributed by atoms with Gasteiger partial charge in [0.2, 0.25) is 0 Å². The number of rotatable bonds is 6. The SMILES string of the molecule is CN1CCCc2c(Cl)ccc(C(=O)Nc3ccc(NCCc4ccccn4)cc3)c21. The van der Waals surface area contributed by atoms with Crippen molar-refractivity contribution < 1.29 is 4.79 Å². The number of nitrogens with one attached hydrogen (secondary N) is 2. The van der Waals surface area contributed by atoms with Crippen LogP contribution in [0, 0.1) is 0 Å². The normalized spacial score (nSPS) is 12.9. The number of pyridine rings is 1. The molecule has 1 amide bonds. The summed E-state index contributed by atoms with van der Waals surface area (Å²) in [4.78, 5) is 19.4. The van der Waals surface area contributed by atoms with Gasteiger partial charge in [-0.25, -0.2) is 0 Å². The lowest BCUT2D eigenvalue weighted by molar-refractivity contribution is 0.102. The summed E-state index contributed by atoms with van der Waals surface area (Å²) in [5, 5.41) is 7.13. The summed E-state index contributed by atoms with van der Waals surface area (Å²) in [5.41, 5.74) is 5.49. The van der Waals surface area contributed by atoms with Crippen LogP contribution in [0.15, 0.2) is 60.8 Å². The number of hydrogen-bond acceptors (Lipinski definition) is 4. The van der Waals surface area contributed by atoms with E-state index < -0.39 is 0 Å². The van der Waals surface area contributed by atoms with E-state index in [1.54, 1.807) is 0 Å². The summed E-state index contributed by atoms with van der Waals surface area (Å²) in [6.45, 7) is 1.72. The second kappa shape index (κ2) is 9.18. The Morgan fingerprint density at radius 3 is 2.67 bits per heavy atom. The van der Waals surface area contributed by atoms with E-state index in [0.29, 0.717) is 5.56 Å². The van der Waals surface area contributed by atoms with Gasteiger partial charge < -0.3 is 15.5 Å². The summed E-state index contributed by atoms with van der Waals surface area (Å²) < 4.78 is 0. The zero-order valence-corrected chi connectivity index (χ0v) is 17.7. The Morgan fingerprint density at radius 1 is 1.10 bits per heavy atom. The minimum absolute atomic E-state index is 0.118. The van der Waals surface area contributed by atoms with Crippen molar-refractivity contribution in [1.29, 1.82) is 0 Å². The first-order chi connectivity index (χ1) is 14.6. The third-order valence-corrected chi connectivity index (χ3v) is 5.71. The Labute approximate surface area is 182 Å². The van der Waals surface area contributed by atoms with Crippen molar-refractivity contribution in [3.63, 3.8) is 0 Å². The number of halogens is 1. The van der Waals surface area contributed by atoms with Crippen molar-refractivity contribution in [1.82, 2.24) is 4.98 Å². The van der Waals surface area contributed by atoms with Crippen molar-refractivity contribution in [2.75, 3.05) is 35.7 Å². The lowest BCUT2D eigenvalue weighted by Crippen LogP contribution is -2.28. The first kappa shape index (κ1) is 20.2. The second-order valence-corrected chi connectivity index (χ2v) is 7.88. The molecule has 0 bridgehead atoms. The highest BCUT2D eigenvalue weighted by atomic mass is 35.5. The molecule has 2 N–H and O–H groups in total. The van der Waals surface area contributed by atoms with Crippen LogP contribution in [-0.4, -0.2) is 31.0 Å². The van der Waals surface area contributed by atoms with Crippen molar-refractivity contribution >= 4 is 34.6 Å². The summed E-state index contributed by atoms with van der Waals surface area (Å²) in [6.07, 6.45) is 4.61. The van der Waals surface area contributed by atoms with Crippen LogP contribution in [-0.2, 0) is 12.8 Å². The van der Waals surface area contributed by atoms with Gasteiger partial charge in [-0.3, -0.25) is 9.78 Å². The lowest BCUT2D eigenvalue weighted by Gasteiger charge is -2.30. The second-order valence-electron chi connectivity index (χ2n) is 7.48. The van der Waals surface area contributed by atoms with Crippen molar-refractivity contribution in [2.24, 2.45) is 0 Å². The van der Waals surface area contributed by atoms with Gasteiger partial charge in [-0.05, 0) is 66.9 Å². The van der Waals surface area contributed by atoms with E-state index in [1.165, 1.54) is 0 Å². The van der Waals surface area contributed by atoms with E-state index in [4.69, 9.17) is 11.6 Å². The molecule has 0 saturated heterocycles. The van der Waals surface area contributed by atoms with Crippen LogP contribution in [0.25, 0.3) is 0 Å². The van der Waals surface area contributed by atoms with Crippen molar-refractivity contribution in [3.8, 4) is 0 Å². The highest BCUT2D eigenvalue weighted by Crippen LogP contribution is 2.35. The third-order valence-electron chi connectivity index (χ3n) is 5.35. The van der Waals surface area contributed by atoms with E-state index in [9.17, 15) is 4.79 Å². The monoisotopic (exact) mass is 420 g/mol. The topological polar surface area (TPSA) is 57.3 Å². The molecule has 2 aromatic carbocycles. The maximum Gasteiger partial charge on any atom is 0.257 e. The highest BCUT2D eigenvalue weighted by Gasteiger charge is 2.23. The zero-order chi connectivity index (χ0) is 20.9. The molecule has 0 aliphatic carbocycles. The summed E-state index contributed by atoms with van der Waals surface area (Å²) in [6, 6.07) is 17.3. The minimum atomic E-state index is -0.118. The molecule has 1 aromatic heterocycles. The fourth-order valence-corrected chi connectivity index (χ4v) is 4.07. The van der Waals surface area contributed by atoms with Crippen LogP contribution in [0.5, 0.6) is 0 Å². The molecule has 0 radical (unpaired) electrons. The molecular weight excluding hydrogens is 396 g/mol. The van der Waals surface area contributed by atoms with E-state index in [0.717, 1.165) is 65.7 Å². The molecule has 0 fully saturated rings. The van der Waals surface area contributed by atoms with Gasteiger partial charge >= 0.3 is 0 Å². The molecule has 1 aliphatic rings. The number of aromatic nitrogens is 1. The predicted octanol–water partition coefficient (Wildman–Crippen LogP) is 5.02. The largest absolute Gasteiger partial charge is 0.385 e. The molecule has 154 valence electrons. The van der Waals surface area contributed by atoms with Crippen molar-refractivity contribution in [2.45, 2.75) is 19.3 Å². The summed E-state index contributed by atoms with van der Waals surface area (Å²) in [7, 11) is 2.01. The number of carbonyl (C=O) groups excluding carboxylic acids is 1. The smallest absolute Gasteiger partial charge is 0.257 e. The number of fused-ring (bicyclic) bond motifs is 1. The molecule has 0 spiro atoms. The Hall–Kier alpha value is -3.05. The standard InChI is InChI=1S/C24H25ClN4O/c1-29-16-4-6-20-22(25)12-11-21(23(20)29)24(30)28-19-9-7-18(8-10-19)27-15-13-17-5-2-3-14-26-17/h2-3,5,7-12,14,27H,4,6,13,15-16H2,1H3,(H,28,30). The molecular formula is C24H25ClN4O. The van der Waals surface area contributed by atoms with Gasteiger partial charge in [-0.1, -0.05) is 17.7 Å². The number of benzene rings is 2. The van der Waals surface area contributed by atoms with Gasteiger partial charge in [0.15, 0.2) is 0 Å². The van der Waals surface area contributed by atoms with E-state index in [-0.39, 0.29) is 5.91 Å². The van der Waals surface area contributed by atoms with E-state index in [1.807, 2.05) is 67.8 Å². The molecule has 2 heterocycles. The number of carbonyl (C=O) groups is 1. The molecule has 5 nitrogen and oxygen atoms in total. The number of amides is 1. The summed E-state index contributed by atoms with van der Waals surface area (Å²) in [5.74, 6) is -0.118. The fourth-order valence-electron chi connectivity index (χ4n) is 3.82. The van der Waals surface area contributed by atoms with E-state index >= 15 is 0 Å². The van der Waals surface area contributed by atoms with Crippen LogP contribution >= 0.6 is 11.6 Å². The minimum Gasteiger partial charge on any atom is -0.385 e. The van der Waals surface area contributed by atoms with Gasteiger partial charge in [-0.2, -0.15) is 0 Å². The zero-order valence-electron chi connectivity index (χ0n) is 17.0. The Balaban J connectivity index is 1.40. The third kappa shape index (κ3) is 4.57. The molecule has 3 aromatic rings. The van der Waals surface area contributed by atoms with Crippen LogP contribution in [0.1, 0.15) is 28.0 Å². The Kier molecular flexibility index (Phi) is 6.19. The molecule has 1 aliphatic heterocycles. The highest BCUT2D eigenvalue weighted by molar-refractivity contribution is 6.32. The molecule has 6 heteroatoms. The molecule has 0 saturated carbocycles. The quantitative estimate of drug-likeness (QED) is 0.587. The molecule has 4 rings (SSSR count). The Morgan fingerprint density at radius 2 is 1.90 bits per heavy atom. The van der Waals surface area contributed by atoms with Gasteiger partial charge in [0.05, 0.1) is 11.3 Å². The average Bonchev–Trinajstić information content (AvgIpc) is 2.76. The summed E-state index contributed by atoms with van der Waals surface area (Å²) >= 11 is 6.37. The first-order valence-electron chi connectivity index (χ1n) is 10.2. The lowest BCUT2D eigenvalue weighted by atomic mass is 9.97. The van der Waals surface area contributed by atoms with Crippen LogP contribution in [0.4, 0.5) is 17.1 Å². The average molecular weight is 421 g/mol. The Bertz CT molecular complexity index is 1020. The maximum absolute atomic E-state index is 13.0. The molecule has 0 unspecified atom stereocenters. The number of nitrogens with zero attached hydrogens (tertiary/aromatic N) is 2. The van der Waals surface area contributed by atoms with Gasteiger partial charge in [0.25, 0.3) is 5.91 Å². The molecule has 30 heavy (non-hydrogen) atoms. The first-order valence-corrected chi connectivity index (χ1v) is 10.6. The van der Waals surface area contributed by atoms with Crippen molar-refractivity contribution in [3.05, 3.63) is 82.6 Å². The molecule has 0 atom stereocenters. The maximum atomic E-state index is 13.0. The van der Waals surface area contributed by atoms with Crippen LogP contribution < -0.4 is 15.5 Å².